The van der Waals surface area contributed by atoms with Crippen molar-refractivity contribution < 1.29 is 23.0 Å². The molecule has 0 aromatic heterocycles. The lowest BCUT2D eigenvalue weighted by atomic mass is 11.5. The summed E-state index contributed by atoms with van der Waals surface area (Å²) in [6, 6.07) is 0. The van der Waals surface area contributed by atoms with E-state index in [9.17, 15) is 13.2 Å². The van der Waals surface area contributed by atoms with Crippen LogP contribution in [0.25, 0.3) is 0 Å². The van der Waals surface area contributed by atoms with Crippen molar-refractivity contribution in [3.63, 3.8) is 0 Å². The highest BCUT2D eigenvalue weighted by molar-refractivity contribution is 7.83. The third-order valence-corrected chi connectivity index (χ3v) is 0.885. The van der Waals surface area contributed by atoms with Crippen molar-refractivity contribution in [1.29, 1.82) is 0 Å². The molecule has 0 saturated heterocycles. The fourth-order valence-corrected chi connectivity index (χ4v) is 0.163. The van der Waals surface area contributed by atoms with Crippen LogP contribution < -0.4 is 0 Å². The van der Waals surface area contributed by atoms with E-state index >= 15 is 0 Å². The maximum atomic E-state index is 9.56. The summed E-state index contributed by atoms with van der Waals surface area (Å²) in [6.45, 7) is 0. The van der Waals surface area contributed by atoms with Crippen LogP contribution in [0.15, 0.2) is 0 Å². The second-order valence-electron chi connectivity index (χ2n) is 0.856. The van der Waals surface area contributed by atoms with E-state index in [0.29, 0.717) is 0 Å². The minimum absolute atomic E-state index is 0.449. The van der Waals surface area contributed by atoms with Crippen LogP contribution in [0.4, 0.5) is 0 Å². The molecule has 0 saturated carbocycles. The molecule has 0 atom stereocenters. The van der Waals surface area contributed by atoms with Crippen LogP contribution in [0.3, 0.4) is 0 Å². The van der Waals surface area contributed by atoms with Crippen molar-refractivity contribution in [2.24, 2.45) is 0 Å². The zero-order chi connectivity index (χ0) is 6.78. The highest BCUT2D eigenvalue weighted by Crippen LogP contribution is 1.83. The van der Waals surface area contributed by atoms with Crippen LogP contribution in [0.5, 0.6) is 0 Å². The molecule has 7 heteroatoms. The molecule has 0 aromatic rings. The Hall–Kier alpha value is -0.660. The first kappa shape index (κ1) is 7.34. The Balaban J connectivity index is 4.26. The molecule has 0 aliphatic carbocycles. The maximum absolute atomic E-state index is 9.56. The van der Waals surface area contributed by atoms with E-state index in [1.165, 1.54) is 0 Å². The number of amides is 1. The SMILES string of the molecule is O=CN(O)S(=O)(=O)O. The fourth-order valence-electron chi connectivity index (χ4n) is 0.0544. The summed E-state index contributed by atoms with van der Waals surface area (Å²) in [6.07, 6.45) is -0.449. The molecule has 8 heavy (non-hydrogen) atoms. The average molecular weight is 141 g/mol. The Kier molecular flexibility index (Phi) is 1.90. The van der Waals surface area contributed by atoms with E-state index in [2.05, 4.69) is 0 Å². The molecule has 0 unspecified atom stereocenters. The predicted octanol–water partition coefficient (Wildman–Crippen LogP) is -1.36. The van der Waals surface area contributed by atoms with E-state index in [4.69, 9.17) is 9.76 Å². The van der Waals surface area contributed by atoms with Crippen LogP contribution in [0.2, 0.25) is 0 Å². The van der Waals surface area contributed by atoms with Gasteiger partial charge in [-0.3, -0.25) is 14.6 Å². The van der Waals surface area contributed by atoms with Gasteiger partial charge in [-0.25, -0.2) is 0 Å². The smallest absolute Gasteiger partial charge is 0.275 e. The summed E-state index contributed by atoms with van der Waals surface area (Å²) in [5.41, 5.74) is 0. The van der Waals surface area contributed by atoms with Crippen molar-refractivity contribution in [3.8, 4) is 0 Å². The summed E-state index contributed by atoms with van der Waals surface area (Å²) < 4.78 is 26.0. The molecule has 2 N–H and O–H groups in total. The monoisotopic (exact) mass is 141 g/mol. The number of carbonyl (C=O) groups is 1. The summed E-state index contributed by atoms with van der Waals surface area (Å²) in [5.74, 6) is 0. The zero-order valence-corrected chi connectivity index (χ0v) is 4.37. The standard InChI is InChI=1S/CH3NO5S/c3-1-2(4)8(5,6)7/h1,4H,(H,5,6,7). The first-order chi connectivity index (χ1) is 3.48. The number of nitrogens with zero attached hydrogens (tertiary/aromatic N) is 1. The summed E-state index contributed by atoms with van der Waals surface area (Å²) in [5, 5.41) is 7.82. The van der Waals surface area contributed by atoms with E-state index in [0.717, 1.165) is 0 Å². The second-order valence-corrected chi connectivity index (χ2v) is 2.13. The van der Waals surface area contributed by atoms with Gasteiger partial charge in [0.1, 0.15) is 0 Å². The normalized spacial score (nSPS) is 10.8. The van der Waals surface area contributed by atoms with Gasteiger partial charge in [-0.1, -0.05) is 4.47 Å². The minimum atomic E-state index is -4.73. The van der Waals surface area contributed by atoms with E-state index in [1.54, 1.807) is 0 Å². The van der Waals surface area contributed by atoms with Crippen molar-refractivity contribution in [2.75, 3.05) is 0 Å². The number of hydrogen-bond acceptors (Lipinski definition) is 4. The van der Waals surface area contributed by atoms with Gasteiger partial charge in [-0.15, -0.1) is 0 Å². The molecule has 0 aliphatic rings. The van der Waals surface area contributed by atoms with Gasteiger partial charge < -0.3 is 0 Å². The number of rotatable bonds is 2. The van der Waals surface area contributed by atoms with Gasteiger partial charge in [-0.2, -0.15) is 8.42 Å². The first-order valence-corrected chi connectivity index (χ1v) is 2.79. The third-order valence-electron chi connectivity index (χ3n) is 0.327. The molecule has 1 amide bonds. The van der Waals surface area contributed by atoms with E-state index in [-0.39, 0.29) is 0 Å². The highest BCUT2D eigenvalue weighted by Gasteiger charge is 2.11. The van der Waals surface area contributed by atoms with Crippen LogP contribution in [0.1, 0.15) is 0 Å². The quantitative estimate of drug-likeness (QED) is 0.214. The molecule has 0 bridgehead atoms. The maximum Gasteiger partial charge on any atom is 0.385 e. The highest BCUT2D eigenvalue weighted by atomic mass is 32.2. The fraction of sp³-hybridized carbons (Fsp3) is 0. The van der Waals surface area contributed by atoms with Crippen molar-refractivity contribution in [3.05, 3.63) is 0 Å². The van der Waals surface area contributed by atoms with Gasteiger partial charge in [0.2, 0.25) is 0 Å². The zero-order valence-electron chi connectivity index (χ0n) is 3.55. The molecular formula is CH3NO5S. The topological polar surface area (TPSA) is 94.9 Å². The Morgan fingerprint density at radius 1 is 1.50 bits per heavy atom. The molecular weight excluding hydrogens is 138 g/mol. The molecule has 0 heterocycles. The number of hydrogen-bond donors (Lipinski definition) is 2. The second kappa shape index (κ2) is 2.07. The molecule has 0 rings (SSSR count). The van der Waals surface area contributed by atoms with Gasteiger partial charge >= 0.3 is 10.3 Å². The van der Waals surface area contributed by atoms with Crippen LogP contribution in [-0.4, -0.2) is 29.1 Å². The Labute approximate surface area is 45.2 Å². The average Bonchev–Trinajstić information content (AvgIpc) is 1.62. The Morgan fingerprint density at radius 2 is 1.88 bits per heavy atom. The molecule has 0 aliphatic heterocycles. The van der Waals surface area contributed by atoms with Gasteiger partial charge in [0.15, 0.2) is 0 Å². The predicted molar refractivity (Wildman–Crippen MR) is 21.2 cm³/mol. The number of hydroxylamine groups is 1. The molecule has 0 radical (unpaired) electrons. The summed E-state index contributed by atoms with van der Waals surface area (Å²) >= 11 is 0. The Morgan fingerprint density at radius 3 is 1.88 bits per heavy atom. The third kappa shape index (κ3) is 1.87. The van der Waals surface area contributed by atoms with Gasteiger partial charge in [0.05, 0.1) is 0 Å². The van der Waals surface area contributed by atoms with E-state index < -0.39 is 21.2 Å². The van der Waals surface area contributed by atoms with Crippen LogP contribution >= 0.6 is 0 Å². The Bertz CT molecular complexity index is 169. The van der Waals surface area contributed by atoms with Crippen molar-refractivity contribution in [1.82, 2.24) is 4.47 Å². The molecule has 48 valence electrons. The molecule has 0 fully saturated rings. The van der Waals surface area contributed by atoms with Gasteiger partial charge in [-0.05, 0) is 0 Å². The lowest BCUT2D eigenvalue weighted by Gasteiger charge is -1.99. The molecule has 6 nitrogen and oxygen atoms in total. The summed E-state index contributed by atoms with van der Waals surface area (Å²) in [7, 11) is -4.73. The van der Waals surface area contributed by atoms with Crippen LogP contribution in [-0.2, 0) is 15.1 Å². The van der Waals surface area contributed by atoms with Gasteiger partial charge in [0.25, 0.3) is 6.41 Å². The first-order valence-electron chi connectivity index (χ1n) is 1.39. The molecule has 0 spiro atoms. The lowest BCUT2D eigenvalue weighted by molar-refractivity contribution is -0.132. The largest absolute Gasteiger partial charge is 0.385 e. The van der Waals surface area contributed by atoms with Crippen molar-refractivity contribution in [2.45, 2.75) is 0 Å². The van der Waals surface area contributed by atoms with Crippen molar-refractivity contribution >= 4 is 16.7 Å². The molecule has 0 aromatic carbocycles. The van der Waals surface area contributed by atoms with E-state index in [1.807, 2.05) is 0 Å². The minimum Gasteiger partial charge on any atom is -0.275 e. The van der Waals surface area contributed by atoms with Crippen LogP contribution in [0, 0.1) is 0 Å². The number of carbonyl (C=O) groups excluding carboxylic acids is 1. The van der Waals surface area contributed by atoms with Gasteiger partial charge in [0, 0.05) is 0 Å². The summed E-state index contributed by atoms with van der Waals surface area (Å²) in [4.78, 5) is 9.29. The lowest BCUT2D eigenvalue weighted by Crippen LogP contribution is -2.24.